The minimum atomic E-state index is -0.621. The summed E-state index contributed by atoms with van der Waals surface area (Å²) < 4.78 is 15.7. The van der Waals surface area contributed by atoms with Crippen LogP contribution in [0.25, 0.3) is 11.4 Å². The molecule has 0 unspecified atom stereocenters. The quantitative estimate of drug-likeness (QED) is 0.628. The molecule has 2 aromatic heterocycles. The summed E-state index contributed by atoms with van der Waals surface area (Å²) in [6, 6.07) is 7.67. The van der Waals surface area contributed by atoms with Gasteiger partial charge in [0, 0.05) is 11.3 Å². The highest BCUT2D eigenvalue weighted by molar-refractivity contribution is 5.98. The molecular formula is C21H23N3O5. The molecular weight excluding hydrogens is 374 g/mol. The van der Waals surface area contributed by atoms with Crippen molar-refractivity contribution in [1.82, 2.24) is 15.1 Å². The number of benzene rings is 1. The Morgan fingerprint density at radius 2 is 1.79 bits per heavy atom. The molecule has 2 heterocycles. The van der Waals surface area contributed by atoms with E-state index in [2.05, 4.69) is 15.1 Å². The highest BCUT2D eigenvalue weighted by atomic mass is 16.6. The highest BCUT2D eigenvalue weighted by Gasteiger charge is 2.25. The van der Waals surface area contributed by atoms with Crippen molar-refractivity contribution in [3.05, 3.63) is 58.2 Å². The van der Waals surface area contributed by atoms with E-state index in [0.29, 0.717) is 22.6 Å². The van der Waals surface area contributed by atoms with Crippen LogP contribution in [0.15, 0.2) is 28.8 Å². The van der Waals surface area contributed by atoms with Crippen molar-refractivity contribution in [1.29, 1.82) is 0 Å². The number of aromatic nitrogens is 3. The Kier molecular flexibility index (Phi) is 5.81. The van der Waals surface area contributed by atoms with Crippen molar-refractivity contribution in [2.24, 2.45) is 0 Å². The number of nitrogens with one attached hydrogen (secondary N) is 1. The Morgan fingerprint density at radius 3 is 2.45 bits per heavy atom. The zero-order valence-corrected chi connectivity index (χ0v) is 17.0. The molecule has 0 saturated heterocycles. The number of hydrogen-bond donors (Lipinski definition) is 1. The van der Waals surface area contributed by atoms with Gasteiger partial charge in [0.15, 0.2) is 6.61 Å². The number of H-pyrrole nitrogens is 1. The van der Waals surface area contributed by atoms with E-state index in [0.717, 1.165) is 11.1 Å². The first kappa shape index (κ1) is 20.3. The van der Waals surface area contributed by atoms with Crippen LogP contribution < -0.4 is 0 Å². The summed E-state index contributed by atoms with van der Waals surface area (Å²) in [6.07, 6.45) is -0.258. The lowest BCUT2D eigenvalue weighted by molar-refractivity contribution is 0.0376. The van der Waals surface area contributed by atoms with Crippen molar-refractivity contribution < 1.29 is 23.6 Å². The van der Waals surface area contributed by atoms with E-state index in [4.69, 9.17) is 14.0 Å². The van der Waals surface area contributed by atoms with Gasteiger partial charge in [-0.15, -0.1) is 0 Å². The third-order valence-electron chi connectivity index (χ3n) is 4.29. The van der Waals surface area contributed by atoms with Crippen molar-refractivity contribution in [2.75, 3.05) is 0 Å². The largest absolute Gasteiger partial charge is 0.459 e. The number of aryl methyl sites for hydroxylation is 2. The van der Waals surface area contributed by atoms with Crippen LogP contribution in [0.5, 0.6) is 0 Å². The van der Waals surface area contributed by atoms with E-state index >= 15 is 0 Å². The Labute approximate surface area is 168 Å². The first-order chi connectivity index (χ1) is 13.8. The Hall–Kier alpha value is -3.42. The molecule has 0 saturated carbocycles. The molecule has 0 aliphatic heterocycles. The maximum atomic E-state index is 12.5. The summed E-state index contributed by atoms with van der Waals surface area (Å²) >= 11 is 0. The van der Waals surface area contributed by atoms with Gasteiger partial charge in [-0.2, -0.15) is 4.98 Å². The smallest absolute Gasteiger partial charge is 0.355 e. The van der Waals surface area contributed by atoms with E-state index < -0.39 is 11.9 Å². The minimum absolute atomic E-state index is 0.175. The number of ether oxygens (including phenoxy) is 2. The van der Waals surface area contributed by atoms with Gasteiger partial charge in [0.25, 0.3) is 5.89 Å². The second-order valence-corrected chi connectivity index (χ2v) is 7.03. The van der Waals surface area contributed by atoms with Gasteiger partial charge in [0.05, 0.1) is 11.7 Å². The number of rotatable bonds is 6. The van der Waals surface area contributed by atoms with E-state index in [-0.39, 0.29) is 24.3 Å². The number of esters is 2. The molecule has 1 aromatic carbocycles. The van der Waals surface area contributed by atoms with Crippen LogP contribution in [0.1, 0.15) is 57.4 Å². The normalized spacial score (nSPS) is 11.0. The molecule has 0 aliphatic rings. The topological polar surface area (TPSA) is 107 Å². The molecule has 0 radical (unpaired) electrons. The lowest BCUT2D eigenvalue weighted by atomic mass is 10.1. The van der Waals surface area contributed by atoms with E-state index in [9.17, 15) is 9.59 Å². The summed E-state index contributed by atoms with van der Waals surface area (Å²) in [6.45, 7) is 8.70. The first-order valence-corrected chi connectivity index (χ1v) is 9.23. The molecule has 0 atom stereocenters. The van der Waals surface area contributed by atoms with Gasteiger partial charge < -0.3 is 19.0 Å². The van der Waals surface area contributed by atoms with Gasteiger partial charge in [0.2, 0.25) is 5.82 Å². The van der Waals surface area contributed by atoms with Gasteiger partial charge in [-0.3, -0.25) is 0 Å². The zero-order chi connectivity index (χ0) is 21.1. The number of aromatic amines is 1. The van der Waals surface area contributed by atoms with Crippen LogP contribution in [-0.2, 0) is 16.1 Å². The number of carbonyl (C=O) groups is 2. The van der Waals surface area contributed by atoms with Crippen molar-refractivity contribution in [3.63, 3.8) is 0 Å². The molecule has 8 nitrogen and oxygen atoms in total. The van der Waals surface area contributed by atoms with E-state index in [1.807, 2.05) is 31.2 Å². The summed E-state index contributed by atoms with van der Waals surface area (Å²) in [5.41, 5.74) is 3.48. The van der Waals surface area contributed by atoms with Crippen molar-refractivity contribution in [2.45, 2.75) is 47.3 Å². The summed E-state index contributed by atoms with van der Waals surface area (Å²) in [5.74, 6) is -0.509. The summed E-state index contributed by atoms with van der Waals surface area (Å²) in [7, 11) is 0. The third-order valence-corrected chi connectivity index (χ3v) is 4.29. The maximum Gasteiger partial charge on any atom is 0.355 e. The van der Waals surface area contributed by atoms with Crippen LogP contribution in [0.4, 0.5) is 0 Å². The predicted molar refractivity (Wildman–Crippen MR) is 104 cm³/mol. The average Bonchev–Trinajstić information content (AvgIpc) is 3.24. The molecule has 0 aliphatic carbocycles. The van der Waals surface area contributed by atoms with Crippen LogP contribution >= 0.6 is 0 Å². The molecule has 0 bridgehead atoms. The predicted octanol–water partition coefficient (Wildman–Crippen LogP) is 3.91. The van der Waals surface area contributed by atoms with Crippen LogP contribution in [0.3, 0.4) is 0 Å². The maximum absolute atomic E-state index is 12.5. The van der Waals surface area contributed by atoms with Crippen molar-refractivity contribution in [3.8, 4) is 11.4 Å². The van der Waals surface area contributed by atoms with Crippen LogP contribution in [-0.4, -0.2) is 33.2 Å². The zero-order valence-electron chi connectivity index (χ0n) is 17.0. The van der Waals surface area contributed by atoms with E-state index in [1.165, 1.54) is 0 Å². The number of carbonyl (C=O) groups excluding carboxylic acids is 2. The standard InChI is InChI=1S/C21H23N3O5/c1-11(2)28-20(25)17-13(4)18(22-14(17)5)21(26)27-10-16-23-19(24-29-16)15-8-6-12(3)7-9-15/h6-9,11,22H,10H2,1-5H3. The highest BCUT2D eigenvalue weighted by Crippen LogP contribution is 2.21. The van der Waals surface area contributed by atoms with Crippen molar-refractivity contribution >= 4 is 11.9 Å². The Morgan fingerprint density at radius 1 is 1.10 bits per heavy atom. The monoisotopic (exact) mass is 397 g/mol. The molecule has 3 aromatic rings. The molecule has 3 rings (SSSR count). The average molecular weight is 397 g/mol. The van der Waals surface area contributed by atoms with Gasteiger partial charge in [-0.25, -0.2) is 9.59 Å². The lowest BCUT2D eigenvalue weighted by Gasteiger charge is -2.08. The second-order valence-electron chi connectivity index (χ2n) is 7.03. The van der Waals surface area contributed by atoms with E-state index in [1.54, 1.807) is 27.7 Å². The van der Waals surface area contributed by atoms with Gasteiger partial charge in [0.1, 0.15) is 5.69 Å². The summed E-state index contributed by atoms with van der Waals surface area (Å²) in [4.78, 5) is 31.9. The molecule has 0 spiro atoms. The molecule has 29 heavy (non-hydrogen) atoms. The molecule has 1 N–H and O–H groups in total. The third kappa shape index (κ3) is 4.53. The number of hydrogen-bond acceptors (Lipinski definition) is 7. The second kappa shape index (κ2) is 8.30. The molecule has 0 fully saturated rings. The van der Waals surface area contributed by atoms with Crippen LogP contribution in [0.2, 0.25) is 0 Å². The fourth-order valence-corrected chi connectivity index (χ4v) is 2.87. The van der Waals surface area contributed by atoms with Gasteiger partial charge in [-0.1, -0.05) is 35.0 Å². The van der Waals surface area contributed by atoms with Gasteiger partial charge >= 0.3 is 11.9 Å². The fourth-order valence-electron chi connectivity index (χ4n) is 2.87. The first-order valence-electron chi connectivity index (χ1n) is 9.23. The molecule has 152 valence electrons. The SMILES string of the molecule is Cc1ccc(-c2noc(COC(=O)c3[nH]c(C)c(C(=O)OC(C)C)c3C)n2)cc1. The van der Waals surface area contributed by atoms with Crippen LogP contribution in [0, 0.1) is 20.8 Å². The Balaban J connectivity index is 1.69. The fraction of sp³-hybridized carbons (Fsp3) is 0.333. The Bertz CT molecular complexity index is 1030. The minimum Gasteiger partial charge on any atom is -0.459 e. The lowest BCUT2D eigenvalue weighted by Crippen LogP contribution is -2.13. The molecule has 8 heteroatoms. The number of nitrogens with zero attached hydrogens (tertiary/aromatic N) is 2. The van der Waals surface area contributed by atoms with Gasteiger partial charge in [-0.05, 0) is 40.2 Å². The molecule has 0 amide bonds. The summed E-state index contributed by atoms with van der Waals surface area (Å²) in [5, 5.41) is 3.91.